The fourth-order valence-electron chi connectivity index (χ4n) is 3.35. The summed E-state index contributed by atoms with van der Waals surface area (Å²) in [5.74, 6) is -3.86. The molecule has 0 bridgehead atoms. The number of piperidine rings is 1. The maximum atomic E-state index is 13.3. The number of hydrogen-bond acceptors (Lipinski definition) is 4. The third-order valence-corrected chi connectivity index (χ3v) is 4.92. The number of aromatic nitrogens is 3. The number of aromatic carboxylic acids is 1. The van der Waals surface area contributed by atoms with Gasteiger partial charge in [-0.2, -0.15) is 5.10 Å². The first-order valence-electron chi connectivity index (χ1n) is 7.71. The van der Waals surface area contributed by atoms with Gasteiger partial charge in [-0.1, -0.05) is 6.07 Å². The first-order chi connectivity index (χ1) is 11.4. The molecule has 2 fully saturated rings. The summed E-state index contributed by atoms with van der Waals surface area (Å²) >= 11 is 0. The van der Waals surface area contributed by atoms with Crippen LogP contribution in [0.25, 0.3) is 0 Å². The molecule has 0 amide bonds. The minimum Gasteiger partial charge on any atom is -0.478 e. The van der Waals surface area contributed by atoms with Crippen molar-refractivity contribution < 1.29 is 18.7 Å². The highest BCUT2D eigenvalue weighted by atomic mass is 19.3. The third-order valence-electron chi connectivity index (χ3n) is 4.92. The minimum absolute atomic E-state index is 0.134. The molecule has 2 unspecified atom stereocenters. The number of halogens is 2. The quantitative estimate of drug-likeness (QED) is 0.926. The number of aryl methyl sites for hydroxylation is 1. The van der Waals surface area contributed by atoms with Crippen molar-refractivity contribution in [2.45, 2.75) is 19.4 Å². The van der Waals surface area contributed by atoms with Gasteiger partial charge in [0.05, 0.1) is 30.1 Å². The zero-order chi connectivity index (χ0) is 17.1. The summed E-state index contributed by atoms with van der Waals surface area (Å²) in [5.41, 5.74) is 1.83. The molecule has 1 aliphatic carbocycles. The lowest BCUT2D eigenvalue weighted by molar-refractivity contribution is 0.0696. The van der Waals surface area contributed by atoms with Crippen molar-refractivity contribution in [2.75, 3.05) is 18.0 Å². The zero-order valence-electron chi connectivity index (χ0n) is 13.0. The molecule has 8 heteroatoms. The maximum Gasteiger partial charge on any atom is 0.338 e. The Balaban J connectivity index is 1.47. The Labute approximate surface area is 136 Å². The van der Waals surface area contributed by atoms with Gasteiger partial charge in [0.1, 0.15) is 5.82 Å². The fourth-order valence-corrected chi connectivity index (χ4v) is 3.35. The molecule has 126 valence electrons. The van der Waals surface area contributed by atoms with Crippen molar-refractivity contribution in [1.29, 1.82) is 0 Å². The Morgan fingerprint density at radius 2 is 2.08 bits per heavy atom. The van der Waals surface area contributed by atoms with Crippen LogP contribution < -0.4 is 4.90 Å². The van der Waals surface area contributed by atoms with Gasteiger partial charge in [-0.15, -0.1) is 0 Å². The summed E-state index contributed by atoms with van der Waals surface area (Å²) in [6.45, 7) is 2.97. The van der Waals surface area contributed by atoms with Crippen molar-refractivity contribution in [2.24, 2.45) is 11.8 Å². The molecular weight excluding hydrogens is 318 g/mol. The second-order valence-electron chi connectivity index (χ2n) is 6.44. The second kappa shape index (κ2) is 4.99. The van der Waals surface area contributed by atoms with Crippen LogP contribution in [0.2, 0.25) is 0 Å². The standard InChI is InChI=1S/C16H16F2N4O2/c1-9-10(5-22-6-11(4-19-22)15(23)24)2-3-14(20-9)21-7-12-13(8-21)16(12,17)18/h2-4,6,12-13H,5,7-8H2,1H3,(H,23,24). The second-order valence-corrected chi connectivity index (χ2v) is 6.44. The van der Waals surface area contributed by atoms with Gasteiger partial charge in [-0.25, -0.2) is 18.6 Å². The maximum absolute atomic E-state index is 13.3. The number of carboxylic acids is 1. The molecule has 1 saturated heterocycles. The van der Waals surface area contributed by atoms with Gasteiger partial charge in [-0.3, -0.25) is 4.68 Å². The van der Waals surface area contributed by atoms with E-state index in [0.29, 0.717) is 25.5 Å². The molecule has 2 aromatic heterocycles. The van der Waals surface area contributed by atoms with Crippen LogP contribution in [0.1, 0.15) is 21.6 Å². The van der Waals surface area contributed by atoms with E-state index in [9.17, 15) is 13.6 Å². The molecule has 2 aromatic rings. The Morgan fingerprint density at radius 1 is 1.38 bits per heavy atom. The highest BCUT2D eigenvalue weighted by Gasteiger charge is 2.71. The number of alkyl halides is 2. The van der Waals surface area contributed by atoms with Gasteiger partial charge in [0, 0.05) is 25.0 Å². The van der Waals surface area contributed by atoms with Gasteiger partial charge >= 0.3 is 5.97 Å². The van der Waals surface area contributed by atoms with E-state index in [1.807, 2.05) is 24.0 Å². The predicted molar refractivity (Wildman–Crippen MR) is 81.4 cm³/mol. The molecule has 24 heavy (non-hydrogen) atoms. The van der Waals surface area contributed by atoms with E-state index in [4.69, 9.17) is 5.11 Å². The topological polar surface area (TPSA) is 71.2 Å². The normalized spacial score (nSPS) is 24.0. The number of rotatable bonds is 4. The van der Waals surface area contributed by atoms with Crippen LogP contribution >= 0.6 is 0 Å². The number of carbonyl (C=O) groups is 1. The fraction of sp³-hybridized carbons (Fsp3) is 0.438. The average Bonchev–Trinajstić information content (AvgIpc) is 3.00. The highest BCUT2D eigenvalue weighted by Crippen LogP contribution is 2.59. The van der Waals surface area contributed by atoms with Crippen molar-refractivity contribution in [3.63, 3.8) is 0 Å². The molecule has 2 atom stereocenters. The zero-order valence-corrected chi connectivity index (χ0v) is 13.0. The Kier molecular flexibility index (Phi) is 3.13. The summed E-state index contributed by atoms with van der Waals surface area (Å²) in [6.07, 6.45) is 2.77. The van der Waals surface area contributed by atoms with Gasteiger partial charge in [0.2, 0.25) is 0 Å². The van der Waals surface area contributed by atoms with Crippen LogP contribution in [0, 0.1) is 18.8 Å². The van der Waals surface area contributed by atoms with Crippen molar-refractivity contribution in [1.82, 2.24) is 14.8 Å². The van der Waals surface area contributed by atoms with Crippen LogP contribution in [0.5, 0.6) is 0 Å². The van der Waals surface area contributed by atoms with E-state index in [1.54, 1.807) is 4.68 Å². The smallest absolute Gasteiger partial charge is 0.338 e. The van der Waals surface area contributed by atoms with E-state index in [2.05, 4.69) is 10.1 Å². The van der Waals surface area contributed by atoms with Gasteiger partial charge in [0.15, 0.2) is 0 Å². The van der Waals surface area contributed by atoms with Gasteiger partial charge in [-0.05, 0) is 18.6 Å². The molecule has 6 nitrogen and oxygen atoms in total. The molecule has 2 aliphatic rings. The number of carboxylic acid groups (broad SMARTS) is 1. The predicted octanol–water partition coefficient (Wildman–Crippen LogP) is 2.03. The van der Waals surface area contributed by atoms with Crippen LogP contribution in [0.4, 0.5) is 14.6 Å². The third kappa shape index (κ3) is 2.33. The average molecular weight is 334 g/mol. The molecule has 1 aliphatic heterocycles. The molecule has 1 saturated carbocycles. The summed E-state index contributed by atoms with van der Waals surface area (Å²) in [5, 5.41) is 12.9. The number of nitrogens with zero attached hydrogens (tertiary/aromatic N) is 4. The van der Waals surface area contributed by atoms with Crippen LogP contribution in [-0.4, -0.2) is 44.9 Å². The summed E-state index contributed by atoms with van der Waals surface area (Å²) < 4.78 is 28.1. The number of pyridine rings is 1. The molecule has 4 rings (SSSR count). The van der Waals surface area contributed by atoms with Crippen LogP contribution in [0.3, 0.4) is 0 Å². The first-order valence-corrected chi connectivity index (χ1v) is 7.71. The molecule has 0 spiro atoms. The molecule has 1 N–H and O–H groups in total. The van der Waals surface area contributed by atoms with Crippen molar-refractivity contribution >= 4 is 11.8 Å². The van der Waals surface area contributed by atoms with Crippen LogP contribution in [-0.2, 0) is 6.54 Å². The Bertz CT molecular complexity index is 806. The van der Waals surface area contributed by atoms with Crippen molar-refractivity contribution in [3.05, 3.63) is 41.3 Å². The number of anilines is 1. The van der Waals surface area contributed by atoms with E-state index < -0.39 is 23.7 Å². The lowest BCUT2D eigenvalue weighted by Gasteiger charge is -2.21. The monoisotopic (exact) mass is 334 g/mol. The van der Waals surface area contributed by atoms with E-state index in [1.165, 1.54) is 12.4 Å². The molecule has 3 heterocycles. The molecule has 0 aromatic carbocycles. The summed E-state index contributed by atoms with van der Waals surface area (Å²) in [6, 6.07) is 3.72. The van der Waals surface area contributed by atoms with E-state index in [0.717, 1.165) is 11.3 Å². The van der Waals surface area contributed by atoms with Gasteiger partial charge < -0.3 is 10.0 Å². The minimum atomic E-state index is -2.49. The summed E-state index contributed by atoms with van der Waals surface area (Å²) in [4.78, 5) is 17.3. The Morgan fingerprint density at radius 3 is 2.67 bits per heavy atom. The number of fused-ring (bicyclic) bond motifs is 1. The largest absolute Gasteiger partial charge is 0.478 e. The van der Waals surface area contributed by atoms with Gasteiger partial charge in [0.25, 0.3) is 5.92 Å². The molecule has 0 radical (unpaired) electrons. The lowest BCUT2D eigenvalue weighted by atomic mass is 10.2. The SMILES string of the molecule is Cc1nc(N2CC3C(C2)C3(F)F)ccc1Cn1cc(C(=O)O)cn1. The first kappa shape index (κ1) is 15.0. The van der Waals surface area contributed by atoms with Crippen LogP contribution in [0.15, 0.2) is 24.5 Å². The number of hydrogen-bond donors (Lipinski definition) is 1. The summed E-state index contributed by atoms with van der Waals surface area (Å²) in [7, 11) is 0. The Hall–Kier alpha value is -2.51. The van der Waals surface area contributed by atoms with E-state index in [-0.39, 0.29) is 5.56 Å². The highest BCUT2D eigenvalue weighted by molar-refractivity contribution is 5.86. The lowest BCUT2D eigenvalue weighted by Crippen LogP contribution is -2.28. The van der Waals surface area contributed by atoms with E-state index >= 15 is 0 Å². The molecular formula is C16H16F2N4O2. The van der Waals surface area contributed by atoms with Crippen molar-refractivity contribution in [3.8, 4) is 0 Å².